The van der Waals surface area contributed by atoms with Crippen LogP contribution in [-0.4, -0.2) is 43.3 Å². The summed E-state index contributed by atoms with van der Waals surface area (Å²) in [7, 11) is 1.77. The molecule has 90 valence electrons. The van der Waals surface area contributed by atoms with Crippen LogP contribution in [0.1, 0.15) is 39.5 Å². The van der Waals surface area contributed by atoms with Gasteiger partial charge in [0.25, 0.3) is 0 Å². The molecule has 2 N–H and O–H groups in total. The van der Waals surface area contributed by atoms with Crippen LogP contribution in [-0.2, 0) is 4.74 Å². The summed E-state index contributed by atoms with van der Waals surface area (Å²) in [5.41, 5.74) is 6.04. The number of nitrogens with zero attached hydrogens (tertiary/aromatic N) is 1. The van der Waals surface area contributed by atoms with Gasteiger partial charge in [-0.15, -0.1) is 0 Å². The normalized spacial score (nSPS) is 27.6. The standard InChI is InChI=1S/C12H26N2O/c1-4-12(9-13,10-15-3)14-8-6-5-7-11(14)2/h11H,4-10,13H2,1-3H3. The van der Waals surface area contributed by atoms with E-state index in [1.165, 1.54) is 25.8 Å². The van der Waals surface area contributed by atoms with E-state index in [1.54, 1.807) is 7.11 Å². The first-order valence-electron chi connectivity index (χ1n) is 6.16. The van der Waals surface area contributed by atoms with E-state index in [0.717, 1.165) is 13.0 Å². The third-order valence-electron chi connectivity index (χ3n) is 3.86. The van der Waals surface area contributed by atoms with Gasteiger partial charge in [-0.05, 0) is 32.7 Å². The van der Waals surface area contributed by atoms with Gasteiger partial charge in [-0.25, -0.2) is 0 Å². The van der Waals surface area contributed by atoms with Gasteiger partial charge in [0.2, 0.25) is 0 Å². The topological polar surface area (TPSA) is 38.5 Å². The van der Waals surface area contributed by atoms with E-state index in [9.17, 15) is 0 Å². The quantitative estimate of drug-likeness (QED) is 0.755. The van der Waals surface area contributed by atoms with Gasteiger partial charge in [-0.1, -0.05) is 13.3 Å². The molecule has 1 rings (SSSR count). The molecule has 0 saturated carbocycles. The molecule has 3 heteroatoms. The maximum absolute atomic E-state index is 5.98. The van der Waals surface area contributed by atoms with Gasteiger partial charge in [-0.2, -0.15) is 0 Å². The minimum absolute atomic E-state index is 0.0641. The van der Waals surface area contributed by atoms with Crippen LogP contribution in [0.5, 0.6) is 0 Å². The van der Waals surface area contributed by atoms with Crippen molar-refractivity contribution in [1.82, 2.24) is 4.90 Å². The number of ether oxygens (including phenoxy) is 1. The second-order valence-corrected chi connectivity index (χ2v) is 4.75. The SMILES string of the molecule is CCC(CN)(COC)N1CCCCC1C. The van der Waals surface area contributed by atoms with Gasteiger partial charge in [0.05, 0.1) is 12.1 Å². The number of rotatable bonds is 5. The van der Waals surface area contributed by atoms with E-state index in [4.69, 9.17) is 10.5 Å². The minimum Gasteiger partial charge on any atom is -0.383 e. The maximum Gasteiger partial charge on any atom is 0.0659 e. The molecule has 0 aromatic rings. The highest BCUT2D eigenvalue weighted by Crippen LogP contribution is 2.28. The van der Waals surface area contributed by atoms with Crippen molar-refractivity contribution in [2.45, 2.75) is 51.1 Å². The Labute approximate surface area is 94.0 Å². The van der Waals surface area contributed by atoms with Crippen molar-refractivity contribution in [3.63, 3.8) is 0 Å². The van der Waals surface area contributed by atoms with Crippen LogP contribution in [0.2, 0.25) is 0 Å². The summed E-state index contributed by atoms with van der Waals surface area (Å²) in [5.74, 6) is 0. The molecule has 1 heterocycles. The first-order chi connectivity index (χ1) is 7.20. The first-order valence-corrected chi connectivity index (χ1v) is 6.16. The number of piperidine rings is 1. The van der Waals surface area contributed by atoms with E-state index >= 15 is 0 Å². The lowest BCUT2D eigenvalue weighted by Gasteiger charge is -2.48. The Balaban J connectivity index is 2.75. The summed E-state index contributed by atoms with van der Waals surface area (Å²) in [6.07, 6.45) is 5.03. The zero-order valence-electron chi connectivity index (χ0n) is 10.5. The monoisotopic (exact) mass is 214 g/mol. The number of likely N-dealkylation sites (tertiary alicyclic amines) is 1. The fraction of sp³-hybridized carbons (Fsp3) is 1.00. The molecule has 15 heavy (non-hydrogen) atoms. The smallest absolute Gasteiger partial charge is 0.0659 e. The zero-order chi connectivity index (χ0) is 11.3. The fourth-order valence-electron chi connectivity index (χ4n) is 2.78. The highest BCUT2D eigenvalue weighted by molar-refractivity contribution is 4.94. The molecule has 3 nitrogen and oxygen atoms in total. The van der Waals surface area contributed by atoms with Gasteiger partial charge < -0.3 is 10.5 Å². The molecule has 0 spiro atoms. The summed E-state index contributed by atoms with van der Waals surface area (Å²) in [4.78, 5) is 2.57. The van der Waals surface area contributed by atoms with E-state index in [0.29, 0.717) is 12.6 Å². The van der Waals surface area contributed by atoms with Gasteiger partial charge in [0, 0.05) is 19.7 Å². The Morgan fingerprint density at radius 2 is 2.20 bits per heavy atom. The van der Waals surface area contributed by atoms with Gasteiger partial charge in [0.1, 0.15) is 0 Å². The molecular formula is C12H26N2O. The predicted octanol–water partition coefficient (Wildman–Crippen LogP) is 1.61. The van der Waals surface area contributed by atoms with E-state index in [1.807, 2.05) is 0 Å². The van der Waals surface area contributed by atoms with Crippen molar-refractivity contribution in [3.05, 3.63) is 0 Å². The van der Waals surface area contributed by atoms with Crippen molar-refractivity contribution in [2.24, 2.45) is 5.73 Å². The Morgan fingerprint density at radius 3 is 2.67 bits per heavy atom. The van der Waals surface area contributed by atoms with E-state index in [2.05, 4.69) is 18.7 Å². The molecule has 0 amide bonds. The molecule has 0 aromatic carbocycles. The minimum atomic E-state index is 0.0641. The van der Waals surface area contributed by atoms with Gasteiger partial charge in [0.15, 0.2) is 0 Å². The lowest BCUT2D eigenvalue weighted by atomic mass is 9.89. The molecule has 0 radical (unpaired) electrons. The van der Waals surface area contributed by atoms with Crippen LogP contribution in [0, 0.1) is 0 Å². The molecule has 2 atom stereocenters. The van der Waals surface area contributed by atoms with E-state index < -0.39 is 0 Å². The Morgan fingerprint density at radius 1 is 1.47 bits per heavy atom. The van der Waals surface area contributed by atoms with E-state index in [-0.39, 0.29) is 5.54 Å². The summed E-state index contributed by atoms with van der Waals surface area (Å²) in [5, 5.41) is 0. The Bertz CT molecular complexity index is 180. The molecule has 1 fully saturated rings. The van der Waals surface area contributed by atoms with Gasteiger partial charge in [-0.3, -0.25) is 4.90 Å². The van der Waals surface area contributed by atoms with Crippen LogP contribution in [0.25, 0.3) is 0 Å². The summed E-state index contributed by atoms with van der Waals surface area (Å²) in [6, 6.07) is 0.650. The van der Waals surface area contributed by atoms with Crippen molar-refractivity contribution in [3.8, 4) is 0 Å². The number of methoxy groups -OCH3 is 1. The van der Waals surface area contributed by atoms with Crippen molar-refractivity contribution >= 4 is 0 Å². The molecule has 1 saturated heterocycles. The van der Waals surface area contributed by atoms with Crippen LogP contribution < -0.4 is 5.73 Å². The molecule has 1 aliphatic heterocycles. The Hall–Kier alpha value is -0.120. The highest BCUT2D eigenvalue weighted by Gasteiger charge is 2.37. The van der Waals surface area contributed by atoms with Crippen LogP contribution in [0.4, 0.5) is 0 Å². The average molecular weight is 214 g/mol. The molecule has 0 aromatic heterocycles. The lowest BCUT2D eigenvalue weighted by molar-refractivity contribution is -0.0252. The van der Waals surface area contributed by atoms with Crippen molar-refractivity contribution in [1.29, 1.82) is 0 Å². The van der Waals surface area contributed by atoms with Crippen LogP contribution >= 0.6 is 0 Å². The Kier molecular flexibility index (Phi) is 5.03. The average Bonchev–Trinajstić information content (AvgIpc) is 2.27. The fourth-order valence-corrected chi connectivity index (χ4v) is 2.78. The first kappa shape index (κ1) is 12.9. The van der Waals surface area contributed by atoms with Crippen LogP contribution in [0.15, 0.2) is 0 Å². The molecule has 2 unspecified atom stereocenters. The summed E-state index contributed by atoms with van der Waals surface area (Å²) in [6.45, 7) is 7.16. The van der Waals surface area contributed by atoms with Crippen molar-refractivity contribution in [2.75, 3.05) is 26.8 Å². The molecule has 1 aliphatic rings. The third kappa shape index (κ3) is 2.71. The molecular weight excluding hydrogens is 188 g/mol. The third-order valence-corrected chi connectivity index (χ3v) is 3.86. The van der Waals surface area contributed by atoms with Gasteiger partial charge >= 0.3 is 0 Å². The number of hydrogen-bond acceptors (Lipinski definition) is 3. The second kappa shape index (κ2) is 5.83. The zero-order valence-corrected chi connectivity index (χ0v) is 10.5. The second-order valence-electron chi connectivity index (χ2n) is 4.75. The van der Waals surface area contributed by atoms with Crippen LogP contribution in [0.3, 0.4) is 0 Å². The summed E-state index contributed by atoms with van der Waals surface area (Å²) >= 11 is 0. The predicted molar refractivity (Wildman–Crippen MR) is 64.0 cm³/mol. The van der Waals surface area contributed by atoms with Crippen molar-refractivity contribution < 1.29 is 4.74 Å². The molecule has 0 aliphatic carbocycles. The largest absolute Gasteiger partial charge is 0.383 e. The highest BCUT2D eigenvalue weighted by atomic mass is 16.5. The lowest BCUT2D eigenvalue weighted by Crippen LogP contribution is -2.60. The number of nitrogens with two attached hydrogens (primary N) is 1. The summed E-state index contributed by atoms with van der Waals surface area (Å²) < 4.78 is 5.37. The number of hydrogen-bond donors (Lipinski definition) is 1. The molecule has 0 bridgehead atoms. The maximum atomic E-state index is 5.98.